The number of benzene rings is 1. The first-order chi connectivity index (χ1) is 8.74. The molecule has 0 atom stereocenters. The minimum atomic E-state index is 0.548. The van der Waals surface area contributed by atoms with E-state index in [0.717, 1.165) is 11.4 Å². The van der Waals surface area contributed by atoms with Crippen molar-refractivity contribution in [3.05, 3.63) is 41.2 Å². The van der Waals surface area contributed by atoms with Gasteiger partial charge >= 0.3 is 0 Å². The fourth-order valence-corrected chi connectivity index (χ4v) is 1.91. The number of hydrogen-bond donors (Lipinski definition) is 2. The highest BCUT2D eigenvalue weighted by Crippen LogP contribution is 2.35. The zero-order valence-electron chi connectivity index (χ0n) is 10.3. The molecule has 1 aromatic heterocycles. The van der Waals surface area contributed by atoms with E-state index in [1.807, 2.05) is 18.3 Å². The summed E-state index contributed by atoms with van der Waals surface area (Å²) in [5.41, 5.74) is 1.92. The fraction of sp³-hybridized carbons (Fsp3) is 0.231. The molecule has 0 aliphatic heterocycles. The lowest BCUT2D eigenvalue weighted by molar-refractivity contribution is 0.395. The highest BCUT2D eigenvalue weighted by Gasteiger charge is 2.09. The number of ether oxygens (including phenoxy) is 2. The number of methoxy groups -OCH3 is 2. The van der Waals surface area contributed by atoms with Crippen molar-refractivity contribution in [1.82, 2.24) is 4.98 Å². The van der Waals surface area contributed by atoms with Crippen LogP contribution in [0.3, 0.4) is 0 Å². The standard InChI is InChI=1S/C13H15ClN2O2/c1-17-12-7-13(18-2)11(6-10(12)14)16-8-9-4-3-5-15-9/h3-7,15-16H,8H2,1-2H3. The van der Waals surface area contributed by atoms with Crippen LogP contribution in [0.4, 0.5) is 5.69 Å². The van der Waals surface area contributed by atoms with Crippen LogP contribution in [0.2, 0.25) is 5.02 Å². The number of rotatable bonds is 5. The maximum Gasteiger partial charge on any atom is 0.145 e. The maximum atomic E-state index is 6.09. The van der Waals surface area contributed by atoms with Gasteiger partial charge in [0.15, 0.2) is 0 Å². The first-order valence-corrected chi connectivity index (χ1v) is 5.90. The van der Waals surface area contributed by atoms with E-state index in [9.17, 15) is 0 Å². The number of aromatic amines is 1. The molecule has 1 heterocycles. The van der Waals surface area contributed by atoms with Crippen LogP contribution in [0.5, 0.6) is 11.5 Å². The van der Waals surface area contributed by atoms with Crippen LogP contribution in [0.15, 0.2) is 30.5 Å². The van der Waals surface area contributed by atoms with E-state index in [4.69, 9.17) is 21.1 Å². The van der Waals surface area contributed by atoms with Gasteiger partial charge in [0, 0.05) is 18.0 Å². The molecule has 0 amide bonds. The predicted octanol–water partition coefficient (Wildman–Crippen LogP) is 3.30. The average Bonchev–Trinajstić information content (AvgIpc) is 2.89. The van der Waals surface area contributed by atoms with Crippen molar-refractivity contribution in [1.29, 1.82) is 0 Å². The average molecular weight is 267 g/mol. The van der Waals surface area contributed by atoms with E-state index < -0.39 is 0 Å². The van der Waals surface area contributed by atoms with Gasteiger partial charge in [0.25, 0.3) is 0 Å². The van der Waals surface area contributed by atoms with Gasteiger partial charge in [0.05, 0.1) is 31.5 Å². The Bertz CT molecular complexity index is 512. The van der Waals surface area contributed by atoms with Crippen LogP contribution < -0.4 is 14.8 Å². The van der Waals surface area contributed by atoms with E-state index in [1.54, 1.807) is 26.4 Å². The molecule has 0 bridgehead atoms. The Balaban J connectivity index is 2.18. The molecule has 2 N–H and O–H groups in total. The number of halogens is 1. The zero-order valence-corrected chi connectivity index (χ0v) is 11.0. The largest absolute Gasteiger partial charge is 0.495 e. The van der Waals surface area contributed by atoms with Gasteiger partial charge in [-0.05, 0) is 18.2 Å². The van der Waals surface area contributed by atoms with Crippen LogP contribution in [0.1, 0.15) is 5.69 Å². The Kier molecular flexibility index (Phi) is 3.99. The Hall–Kier alpha value is -1.81. The van der Waals surface area contributed by atoms with Crippen molar-refractivity contribution < 1.29 is 9.47 Å². The second-order valence-electron chi connectivity index (χ2n) is 3.74. The second-order valence-corrected chi connectivity index (χ2v) is 4.14. The van der Waals surface area contributed by atoms with Crippen molar-refractivity contribution in [2.24, 2.45) is 0 Å². The van der Waals surface area contributed by atoms with Gasteiger partial charge < -0.3 is 19.8 Å². The first kappa shape index (κ1) is 12.6. The third kappa shape index (κ3) is 2.71. The lowest BCUT2D eigenvalue weighted by Crippen LogP contribution is -2.02. The number of aromatic nitrogens is 1. The lowest BCUT2D eigenvalue weighted by Gasteiger charge is -2.13. The van der Waals surface area contributed by atoms with E-state index in [1.165, 1.54) is 0 Å². The van der Waals surface area contributed by atoms with Crippen LogP contribution in [0, 0.1) is 0 Å². The Morgan fingerprint density at radius 3 is 2.61 bits per heavy atom. The molecular formula is C13H15ClN2O2. The zero-order chi connectivity index (χ0) is 13.0. The lowest BCUT2D eigenvalue weighted by atomic mass is 10.2. The third-order valence-corrected chi connectivity index (χ3v) is 2.90. The molecule has 0 saturated heterocycles. The number of hydrogen-bond acceptors (Lipinski definition) is 3. The monoisotopic (exact) mass is 266 g/mol. The van der Waals surface area contributed by atoms with Crippen LogP contribution >= 0.6 is 11.6 Å². The molecule has 18 heavy (non-hydrogen) atoms. The second kappa shape index (κ2) is 5.69. The molecule has 0 radical (unpaired) electrons. The molecule has 1 aromatic carbocycles. The molecule has 5 heteroatoms. The predicted molar refractivity (Wildman–Crippen MR) is 72.7 cm³/mol. The Labute approximate surface area is 111 Å². The van der Waals surface area contributed by atoms with Gasteiger partial charge in [0.1, 0.15) is 11.5 Å². The van der Waals surface area contributed by atoms with Gasteiger partial charge in [-0.1, -0.05) is 11.6 Å². The van der Waals surface area contributed by atoms with Crippen LogP contribution in [0.25, 0.3) is 0 Å². The number of H-pyrrole nitrogens is 1. The van der Waals surface area contributed by atoms with Crippen LogP contribution in [-0.4, -0.2) is 19.2 Å². The smallest absolute Gasteiger partial charge is 0.145 e. The SMILES string of the molecule is COc1cc(OC)c(NCc2ccc[nH]2)cc1Cl. The highest BCUT2D eigenvalue weighted by atomic mass is 35.5. The summed E-state index contributed by atoms with van der Waals surface area (Å²) in [7, 11) is 3.19. The molecule has 0 aliphatic carbocycles. The molecule has 0 spiro atoms. The summed E-state index contributed by atoms with van der Waals surface area (Å²) in [6, 6.07) is 7.52. The van der Waals surface area contributed by atoms with Gasteiger partial charge in [-0.3, -0.25) is 0 Å². The normalized spacial score (nSPS) is 10.2. The Morgan fingerprint density at radius 1 is 1.22 bits per heavy atom. The molecule has 0 saturated carbocycles. The molecule has 0 fully saturated rings. The Morgan fingerprint density at radius 2 is 2.00 bits per heavy atom. The van der Waals surface area contributed by atoms with Crippen molar-refractivity contribution in [2.45, 2.75) is 6.54 Å². The fourth-order valence-electron chi connectivity index (χ4n) is 1.67. The number of nitrogens with one attached hydrogen (secondary N) is 2. The van der Waals surface area contributed by atoms with Crippen molar-refractivity contribution in [2.75, 3.05) is 19.5 Å². The van der Waals surface area contributed by atoms with Gasteiger partial charge in [-0.15, -0.1) is 0 Å². The summed E-state index contributed by atoms with van der Waals surface area (Å²) < 4.78 is 10.4. The summed E-state index contributed by atoms with van der Waals surface area (Å²) in [4.78, 5) is 3.12. The number of anilines is 1. The minimum Gasteiger partial charge on any atom is -0.495 e. The molecule has 2 aromatic rings. The van der Waals surface area contributed by atoms with Crippen LogP contribution in [-0.2, 0) is 6.54 Å². The molecular weight excluding hydrogens is 252 g/mol. The van der Waals surface area contributed by atoms with E-state index in [0.29, 0.717) is 23.1 Å². The minimum absolute atomic E-state index is 0.548. The van der Waals surface area contributed by atoms with Crippen molar-refractivity contribution >= 4 is 17.3 Å². The third-order valence-electron chi connectivity index (χ3n) is 2.61. The quantitative estimate of drug-likeness (QED) is 0.873. The van der Waals surface area contributed by atoms with Gasteiger partial charge in [0.2, 0.25) is 0 Å². The highest BCUT2D eigenvalue weighted by molar-refractivity contribution is 6.32. The summed E-state index contributed by atoms with van der Waals surface area (Å²) in [5.74, 6) is 1.29. The van der Waals surface area contributed by atoms with E-state index in [-0.39, 0.29) is 0 Å². The van der Waals surface area contributed by atoms with Gasteiger partial charge in [-0.25, -0.2) is 0 Å². The van der Waals surface area contributed by atoms with Gasteiger partial charge in [-0.2, -0.15) is 0 Å². The van der Waals surface area contributed by atoms with E-state index in [2.05, 4.69) is 10.3 Å². The summed E-state index contributed by atoms with van der Waals surface area (Å²) in [6.45, 7) is 0.673. The van der Waals surface area contributed by atoms with Crippen molar-refractivity contribution in [3.8, 4) is 11.5 Å². The summed E-state index contributed by atoms with van der Waals surface area (Å²) in [6.07, 6.45) is 1.88. The molecule has 4 nitrogen and oxygen atoms in total. The summed E-state index contributed by atoms with van der Waals surface area (Å²) >= 11 is 6.09. The molecule has 96 valence electrons. The summed E-state index contributed by atoms with van der Waals surface area (Å²) in [5, 5.41) is 3.81. The topological polar surface area (TPSA) is 46.3 Å². The van der Waals surface area contributed by atoms with E-state index >= 15 is 0 Å². The first-order valence-electron chi connectivity index (χ1n) is 5.52. The molecule has 2 rings (SSSR count). The van der Waals surface area contributed by atoms with Crippen molar-refractivity contribution in [3.63, 3.8) is 0 Å². The molecule has 0 aliphatic rings. The maximum absolute atomic E-state index is 6.09. The molecule has 0 unspecified atom stereocenters.